The lowest BCUT2D eigenvalue weighted by molar-refractivity contribution is -0.0394. The zero-order valence-electron chi connectivity index (χ0n) is 8.30. The fourth-order valence-electron chi connectivity index (χ4n) is 1.15. The largest absolute Gasteiger partial charge is 0.392 e. The number of hydrogen-bond acceptors (Lipinski definition) is 3. The average Bonchev–Trinajstić information content (AvgIpc) is 2.23. The van der Waals surface area contributed by atoms with E-state index in [9.17, 15) is 0 Å². The van der Waals surface area contributed by atoms with Crippen molar-refractivity contribution in [2.45, 2.75) is 13.2 Å². The van der Waals surface area contributed by atoms with Gasteiger partial charge in [-0.15, -0.1) is 0 Å². The minimum Gasteiger partial charge on any atom is -0.392 e. The number of hydrogen-bond donors (Lipinski definition) is 1. The Hall–Kier alpha value is -0.320. The Morgan fingerprint density at radius 1 is 1.20 bits per heavy atom. The monoisotopic (exact) mass is 250 g/mol. The maximum atomic E-state index is 9.10. The molecule has 0 bridgehead atoms. The first-order chi connectivity index (χ1) is 7.19. The van der Waals surface area contributed by atoms with Crippen molar-refractivity contribution < 1.29 is 14.6 Å². The summed E-state index contributed by atoms with van der Waals surface area (Å²) in [6, 6.07) is 3.32. The molecule has 3 nitrogen and oxygen atoms in total. The van der Waals surface area contributed by atoms with Crippen molar-refractivity contribution >= 4 is 23.2 Å². The van der Waals surface area contributed by atoms with Crippen molar-refractivity contribution in [2.24, 2.45) is 0 Å². The van der Waals surface area contributed by atoms with E-state index in [1.54, 1.807) is 19.2 Å². The lowest BCUT2D eigenvalue weighted by Crippen LogP contribution is -2.01. The summed E-state index contributed by atoms with van der Waals surface area (Å²) in [6.07, 6.45) is 0. The summed E-state index contributed by atoms with van der Waals surface area (Å²) in [4.78, 5) is 0. The molecule has 0 aromatic heterocycles. The molecule has 1 aromatic rings. The molecule has 84 valence electrons. The van der Waals surface area contributed by atoms with Gasteiger partial charge < -0.3 is 14.6 Å². The number of rotatable bonds is 5. The highest BCUT2D eigenvalue weighted by atomic mass is 35.5. The van der Waals surface area contributed by atoms with Gasteiger partial charge in [0.2, 0.25) is 0 Å². The fourth-order valence-corrected chi connectivity index (χ4v) is 1.52. The molecular weight excluding hydrogens is 239 g/mol. The quantitative estimate of drug-likeness (QED) is 0.645. The van der Waals surface area contributed by atoms with Crippen molar-refractivity contribution in [3.63, 3.8) is 0 Å². The van der Waals surface area contributed by atoms with Gasteiger partial charge in [0.15, 0.2) is 0 Å². The van der Waals surface area contributed by atoms with E-state index in [0.717, 1.165) is 5.56 Å². The van der Waals surface area contributed by atoms with Crippen LogP contribution in [0, 0.1) is 0 Å². The fraction of sp³-hybridized carbons (Fsp3) is 0.400. The van der Waals surface area contributed by atoms with Gasteiger partial charge in [0.05, 0.1) is 23.3 Å². The molecule has 0 aliphatic heterocycles. The summed E-state index contributed by atoms with van der Waals surface area (Å²) in [7, 11) is 1.54. The first-order valence-electron chi connectivity index (χ1n) is 4.33. The smallest absolute Gasteiger partial charge is 0.146 e. The Morgan fingerprint density at radius 2 is 1.80 bits per heavy atom. The summed E-state index contributed by atoms with van der Waals surface area (Å²) in [5, 5.41) is 9.98. The highest BCUT2D eigenvalue weighted by Crippen LogP contribution is 2.26. The van der Waals surface area contributed by atoms with Crippen molar-refractivity contribution in [1.29, 1.82) is 0 Å². The number of methoxy groups -OCH3 is 1. The van der Waals surface area contributed by atoms with Crippen LogP contribution >= 0.6 is 23.2 Å². The summed E-state index contributed by atoms with van der Waals surface area (Å²) < 4.78 is 9.92. The van der Waals surface area contributed by atoms with E-state index >= 15 is 0 Å². The topological polar surface area (TPSA) is 38.7 Å². The number of halogens is 2. The van der Waals surface area contributed by atoms with Crippen molar-refractivity contribution in [2.75, 3.05) is 13.9 Å². The van der Waals surface area contributed by atoms with Gasteiger partial charge in [-0.3, -0.25) is 0 Å². The summed E-state index contributed by atoms with van der Waals surface area (Å²) in [5.74, 6) is 0. The Balaban J connectivity index is 2.80. The second kappa shape index (κ2) is 6.30. The van der Waals surface area contributed by atoms with Crippen LogP contribution in [-0.2, 0) is 22.7 Å². The van der Waals surface area contributed by atoms with Gasteiger partial charge in [0, 0.05) is 7.11 Å². The normalized spacial score (nSPS) is 10.7. The van der Waals surface area contributed by atoms with Gasteiger partial charge in [0.25, 0.3) is 0 Å². The van der Waals surface area contributed by atoms with Crippen LogP contribution in [0.25, 0.3) is 0 Å². The van der Waals surface area contributed by atoms with Gasteiger partial charge >= 0.3 is 0 Å². The molecule has 0 aliphatic carbocycles. The van der Waals surface area contributed by atoms with E-state index in [1.165, 1.54) is 0 Å². The van der Waals surface area contributed by atoms with Crippen molar-refractivity contribution in [3.8, 4) is 0 Å². The van der Waals surface area contributed by atoms with E-state index in [0.29, 0.717) is 22.2 Å². The van der Waals surface area contributed by atoms with Crippen LogP contribution in [0.15, 0.2) is 12.1 Å². The molecule has 0 saturated carbocycles. The summed E-state index contributed by atoms with van der Waals surface area (Å²) >= 11 is 11.7. The Bertz CT molecular complexity index is 329. The third-order valence-corrected chi connectivity index (χ3v) is 2.59. The van der Waals surface area contributed by atoms with Gasteiger partial charge in [-0.1, -0.05) is 23.2 Å². The number of ether oxygens (including phenoxy) is 2. The molecule has 1 N–H and O–H groups in total. The maximum absolute atomic E-state index is 9.10. The number of aliphatic hydroxyl groups is 1. The molecule has 0 unspecified atom stereocenters. The molecule has 0 spiro atoms. The summed E-state index contributed by atoms with van der Waals surface area (Å²) in [6.45, 7) is 0.439. The molecule has 0 saturated heterocycles. The molecule has 1 rings (SSSR count). The summed E-state index contributed by atoms with van der Waals surface area (Å²) in [5.41, 5.74) is 1.52. The highest BCUT2D eigenvalue weighted by Gasteiger charge is 2.06. The molecule has 0 amide bonds. The minimum atomic E-state index is -0.0947. The number of aliphatic hydroxyl groups excluding tert-OH is 1. The van der Waals surface area contributed by atoms with E-state index in [2.05, 4.69) is 0 Å². The third-order valence-electron chi connectivity index (χ3n) is 1.87. The molecule has 15 heavy (non-hydrogen) atoms. The first kappa shape index (κ1) is 12.7. The van der Waals surface area contributed by atoms with Gasteiger partial charge in [-0.2, -0.15) is 0 Å². The molecular formula is C10H12Cl2O3. The van der Waals surface area contributed by atoms with Crippen LogP contribution < -0.4 is 0 Å². The van der Waals surface area contributed by atoms with Gasteiger partial charge in [0.1, 0.15) is 6.79 Å². The Kier molecular flexibility index (Phi) is 5.36. The Morgan fingerprint density at radius 3 is 2.33 bits per heavy atom. The van der Waals surface area contributed by atoms with E-state index < -0.39 is 0 Å². The predicted octanol–water partition coefficient (Wildman–Crippen LogP) is 2.61. The van der Waals surface area contributed by atoms with Crippen LogP contribution in [0.1, 0.15) is 11.1 Å². The van der Waals surface area contributed by atoms with E-state index in [4.69, 9.17) is 37.8 Å². The second-order valence-corrected chi connectivity index (χ2v) is 3.76. The van der Waals surface area contributed by atoms with E-state index in [-0.39, 0.29) is 13.4 Å². The lowest BCUT2D eigenvalue weighted by atomic mass is 10.1. The van der Waals surface area contributed by atoms with Crippen LogP contribution in [-0.4, -0.2) is 19.0 Å². The van der Waals surface area contributed by atoms with Crippen LogP contribution in [0.5, 0.6) is 0 Å². The average molecular weight is 251 g/mol. The van der Waals surface area contributed by atoms with Crippen LogP contribution in [0.3, 0.4) is 0 Å². The standard InChI is InChI=1S/C10H12Cl2O3/c1-14-6-15-5-8-3-10(12)9(11)2-7(8)4-13/h2-3,13H,4-6H2,1H3. The zero-order valence-corrected chi connectivity index (χ0v) is 9.81. The predicted molar refractivity (Wildman–Crippen MR) is 59.0 cm³/mol. The maximum Gasteiger partial charge on any atom is 0.146 e. The lowest BCUT2D eigenvalue weighted by Gasteiger charge is -2.09. The molecule has 0 atom stereocenters. The highest BCUT2D eigenvalue weighted by molar-refractivity contribution is 6.42. The van der Waals surface area contributed by atoms with E-state index in [1.807, 2.05) is 0 Å². The zero-order chi connectivity index (χ0) is 11.3. The minimum absolute atomic E-state index is 0.0947. The molecule has 0 radical (unpaired) electrons. The van der Waals surface area contributed by atoms with Crippen LogP contribution in [0.4, 0.5) is 0 Å². The van der Waals surface area contributed by atoms with Gasteiger partial charge in [-0.25, -0.2) is 0 Å². The molecule has 0 fully saturated rings. The van der Waals surface area contributed by atoms with Gasteiger partial charge in [-0.05, 0) is 23.3 Å². The Labute approximate surface area is 98.5 Å². The van der Waals surface area contributed by atoms with Crippen molar-refractivity contribution in [1.82, 2.24) is 0 Å². The third kappa shape index (κ3) is 3.63. The van der Waals surface area contributed by atoms with Crippen molar-refractivity contribution in [3.05, 3.63) is 33.3 Å². The number of benzene rings is 1. The molecule has 0 heterocycles. The van der Waals surface area contributed by atoms with Crippen LogP contribution in [0.2, 0.25) is 10.0 Å². The molecule has 0 aliphatic rings. The SMILES string of the molecule is COCOCc1cc(Cl)c(Cl)cc1CO. The first-order valence-corrected chi connectivity index (χ1v) is 5.09. The second-order valence-electron chi connectivity index (χ2n) is 2.95. The molecule has 5 heteroatoms. The molecule has 1 aromatic carbocycles.